The molecule has 6 nitrogen and oxygen atoms in total. The number of methoxy groups -OCH3 is 1. The molecule has 0 atom stereocenters. The fourth-order valence-electron chi connectivity index (χ4n) is 2.96. The van der Waals surface area contributed by atoms with Gasteiger partial charge in [-0.25, -0.2) is 4.98 Å². The van der Waals surface area contributed by atoms with Gasteiger partial charge in [0, 0.05) is 23.6 Å². The Kier molecular flexibility index (Phi) is 6.21. The van der Waals surface area contributed by atoms with Gasteiger partial charge in [0.1, 0.15) is 0 Å². The van der Waals surface area contributed by atoms with E-state index in [1.165, 1.54) is 7.11 Å². The van der Waals surface area contributed by atoms with Gasteiger partial charge < -0.3 is 4.74 Å². The number of fused-ring (bicyclic) bond motifs is 2. The standard InChI is InChI=1S/C21H19ClN2O4/c1-28-18(26)12-5-4-11-17(25)24-21(27)15-9-6-8-14-19(22)13-7-2-3-10-16(13)23-20(14)15/h2-3,6-10H,4-5,11-12H2,1H3,(H,24,25,27). The minimum absolute atomic E-state index is 0.143. The van der Waals surface area contributed by atoms with Crippen LogP contribution in [-0.2, 0) is 14.3 Å². The zero-order valence-electron chi connectivity index (χ0n) is 15.3. The molecule has 0 spiro atoms. The van der Waals surface area contributed by atoms with Gasteiger partial charge in [0.25, 0.3) is 5.91 Å². The molecule has 0 saturated carbocycles. The molecule has 3 aromatic rings. The minimum atomic E-state index is -0.526. The monoisotopic (exact) mass is 398 g/mol. The van der Waals surface area contributed by atoms with Crippen molar-refractivity contribution in [2.24, 2.45) is 0 Å². The van der Waals surface area contributed by atoms with E-state index in [4.69, 9.17) is 11.6 Å². The lowest BCUT2D eigenvalue weighted by atomic mass is 10.1. The van der Waals surface area contributed by atoms with E-state index in [0.717, 1.165) is 5.39 Å². The van der Waals surface area contributed by atoms with Gasteiger partial charge in [-0.15, -0.1) is 0 Å². The maximum Gasteiger partial charge on any atom is 0.305 e. The van der Waals surface area contributed by atoms with Crippen LogP contribution in [0.25, 0.3) is 21.8 Å². The van der Waals surface area contributed by atoms with Crippen LogP contribution in [0.4, 0.5) is 0 Å². The number of para-hydroxylation sites is 2. The second-order valence-electron chi connectivity index (χ2n) is 6.31. The average molecular weight is 399 g/mol. The number of nitrogens with one attached hydrogen (secondary N) is 1. The molecule has 3 rings (SSSR count). The first-order valence-corrected chi connectivity index (χ1v) is 9.27. The Morgan fingerprint density at radius 2 is 1.71 bits per heavy atom. The van der Waals surface area contributed by atoms with Crippen LogP contribution in [0.15, 0.2) is 42.5 Å². The number of hydrogen-bond acceptors (Lipinski definition) is 5. The summed E-state index contributed by atoms with van der Waals surface area (Å²) in [6, 6.07) is 12.5. The number of carbonyl (C=O) groups excluding carboxylic acids is 3. The fraction of sp³-hybridized carbons (Fsp3) is 0.238. The molecular weight excluding hydrogens is 380 g/mol. The maximum atomic E-state index is 12.6. The molecule has 7 heteroatoms. The Morgan fingerprint density at radius 3 is 2.50 bits per heavy atom. The number of ether oxygens (including phenoxy) is 1. The molecule has 0 radical (unpaired) electrons. The number of imide groups is 1. The topological polar surface area (TPSA) is 85.4 Å². The summed E-state index contributed by atoms with van der Waals surface area (Å²) in [6.45, 7) is 0. The van der Waals surface area contributed by atoms with Crippen LogP contribution >= 0.6 is 11.6 Å². The molecule has 2 amide bonds. The SMILES string of the molecule is COC(=O)CCCCC(=O)NC(=O)c1cccc2c(Cl)c3ccccc3nc12. The van der Waals surface area contributed by atoms with E-state index < -0.39 is 11.8 Å². The lowest BCUT2D eigenvalue weighted by Crippen LogP contribution is -2.30. The summed E-state index contributed by atoms with van der Waals surface area (Å²) >= 11 is 6.50. The molecule has 0 aliphatic heterocycles. The zero-order valence-corrected chi connectivity index (χ0v) is 16.1. The number of pyridine rings is 1. The van der Waals surface area contributed by atoms with E-state index >= 15 is 0 Å². The fourth-order valence-corrected chi connectivity index (χ4v) is 3.27. The van der Waals surface area contributed by atoms with Gasteiger partial charge in [0.15, 0.2) is 0 Å². The molecule has 0 aliphatic carbocycles. The van der Waals surface area contributed by atoms with Crippen molar-refractivity contribution in [3.05, 3.63) is 53.1 Å². The first-order valence-electron chi connectivity index (χ1n) is 8.89. The number of carbonyl (C=O) groups is 3. The Hall–Kier alpha value is -2.99. The first-order chi connectivity index (χ1) is 13.5. The van der Waals surface area contributed by atoms with Gasteiger partial charge in [-0.05, 0) is 25.0 Å². The Balaban J connectivity index is 1.76. The van der Waals surface area contributed by atoms with Crippen molar-refractivity contribution in [2.75, 3.05) is 7.11 Å². The van der Waals surface area contributed by atoms with Crippen molar-refractivity contribution in [3.63, 3.8) is 0 Å². The quantitative estimate of drug-likeness (QED) is 0.385. The highest BCUT2D eigenvalue weighted by Gasteiger charge is 2.17. The number of rotatable bonds is 6. The summed E-state index contributed by atoms with van der Waals surface area (Å²) in [5.74, 6) is -1.25. The van der Waals surface area contributed by atoms with E-state index in [1.807, 2.05) is 24.3 Å². The third-order valence-electron chi connectivity index (χ3n) is 4.41. The van der Waals surface area contributed by atoms with Crippen molar-refractivity contribution in [3.8, 4) is 0 Å². The molecule has 2 aromatic carbocycles. The summed E-state index contributed by atoms with van der Waals surface area (Å²) < 4.78 is 4.55. The van der Waals surface area contributed by atoms with Crippen molar-refractivity contribution in [1.29, 1.82) is 0 Å². The van der Waals surface area contributed by atoms with E-state index in [1.54, 1.807) is 18.2 Å². The van der Waals surface area contributed by atoms with Crippen LogP contribution in [0, 0.1) is 0 Å². The second-order valence-corrected chi connectivity index (χ2v) is 6.68. The molecule has 144 valence electrons. The van der Waals surface area contributed by atoms with Crippen LogP contribution in [0.5, 0.6) is 0 Å². The van der Waals surface area contributed by atoms with Crippen molar-refractivity contribution >= 4 is 51.2 Å². The normalized spacial score (nSPS) is 10.8. The van der Waals surface area contributed by atoms with Crippen molar-refractivity contribution in [2.45, 2.75) is 25.7 Å². The number of aromatic nitrogens is 1. The lowest BCUT2D eigenvalue weighted by molar-refractivity contribution is -0.140. The Labute approximate surface area is 166 Å². The summed E-state index contributed by atoms with van der Waals surface area (Å²) in [7, 11) is 1.32. The van der Waals surface area contributed by atoms with E-state index in [-0.39, 0.29) is 24.4 Å². The van der Waals surface area contributed by atoms with Gasteiger partial charge in [0.05, 0.1) is 28.7 Å². The molecule has 28 heavy (non-hydrogen) atoms. The Morgan fingerprint density at radius 1 is 1.00 bits per heavy atom. The number of halogens is 1. The molecule has 1 aromatic heterocycles. The molecule has 1 heterocycles. The van der Waals surface area contributed by atoms with Crippen LogP contribution in [0.3, 0.4) is 0 Å². The second kappa shape index (κ2) is 8.80. The average Bonchev–Trinajstić information content (AvgIpc) is 2.70. The number of hydrogen-bond donors (Lipinski definition) is 1. The van der Waals surface area contributed by atoms with Gasteiger partial charge >= 0.3 is 5.97 Å². The number of amides is 2. The van der Waals surface area contributed by atoms with E-state index in [0.29, 0.717) is 34.3 Å². The van der Waals surface area contributed by atoms with Crippen LogP contribution < -0.4 is 5.32 Å². The van der Waals surface area contributed by atoms with E-state index in [2.05, 4.69) is 15.0 Å². The predicted molar refractivity (Wildman–Crippen MR) is 107 cm³/mol. The van der Waals surface area contributed by atoms with Crippen molar-refractivity contribution in [1.82, 2.24) is 10.3 Å². The third-order valence-corrected chi connectivity index (χ3v) is 4.81. The van der Waals surface area contributed by atoms with Crippen LogP contribution in [-0.4, -0.2) is 29.9 Å². The zero-order chi connectivity index (χ0) is 20.1. The summed E-state index contributed by atoms with van der Waals surface area (Å²) in [4.78, 5) is 40.3. The third kappa shape index (κ3) is 4.28. The molecule has 0 unspecified atom stereocenters. The molecular formula is C21H19ClN2O4. The predicted octanol–water partition coefficient (Wildman–Crippen LogP) is 4.03. The highest BCUT2D eigenvalue weighted by Crippen LogP contribution is 2.31. The molecule has 1 N–H and O–H groups in total. The maximum absolute atomic E-state index is 12.6. The largest absolute Gasteiger partial charge is 0.469 e. The summed E-state index contributed by atoms with van der Waals surface area (Å²) in [5, 5.41) is 4.35. The van der Waals surface area contributed by atoms with Gasteiger partial charge in [-0.2, -0.15) is 0 Å². The summed E-state index contributed by atoms with van der Waals surface area (Å²) in [5.41, 5.74) is 1.41. The highest BCUT2D eigenvalue weighted by atomic mass is 35.5. The van der Waals surface area contributed by atoms with Crippen molar-refractivity contribution < 1.29 is 19.1 Å². The molecule has 0 aliphatic rings. The van der Waals surface area contributed by atoms with Gasteiger partial charge in [0.2, 0.25) is 5.91 Å². The number of unbranched alkanes of at least 4 members (excludes halogenated alkanes) is 1. The lowest BCUT2D eigenvalue weighted by Gasteiger charge is -2.10. The molecule has 0 saturated heterocycles. The smallest absolute Gasteiger partial charge is 0.305 e. The number of nitrogens with zero attached hydrogens (tertiary/aromatic N) is 1. The molecule has 0 fully saturated rings. The molecule has 0 bridgehead atoms. The van der Waals surface area contributed by atoms with Gasteiger partial charge in [-0.1, -0.05) is 41.9 Å². The van der Waals surface area contributed by atoms with Crippen LogP contribution in [0.1, 0.15) is 36.0 Å². The number of esters is 1. The number of benzene rings is 2. The minimum Gasteiger partial charge on any atom is -0.469 e. The highest BCUT2D eigenvalue weighted by molar-refractivity contribution is 6.40. The Bertz CT molecular complexity index is 1060. The summed E-state index contributed by atoms with van der Waals surface area (Å²) in [6.07, 6.45) is 1.39. The first kappa shape index (κ1) is 19.8. The van der Waals surface area contributed by atoms with Crippen LogP contribution in [0.2, 0.25) is 5.02 Å². The van der Waals surface area contributed by atoms with E-state index in [9.17, 15) is 14.4 Å². The van der Waals surface area contributed by atoms with Gasteiger partial charge in [-0.3, -0.25) is 19.7 Å².